The van der Waals surface area contributed by atoms with Gasteiger partial charge >= 0.3 is 0 Å². The molecule has 0 unspecified atom stereocenters. The second-order valence-corrected chi connectivity index (χ2v) is 6.12. The van der Waals surface area contributed by atoms with Gasteiger partial charge in [-0.3, -0.25) is 9.48 Å². The Kier molecular flexibility index (Phi) is 4.63. The predicted molar refractivity (Wildman–Crippen MR) is 85.4 cm³/mol. The molecular formula is C16H18ClFN4O. The summed E-state index contributed by atoms with van der Waals surface area (Å²) in [6.45, 7) is 0.348. The summed E-state index contributed by atoms with van der Waals surface area (Å²) in [7, 11) is 1.84. The van der Waals surface area contributed by atoms with Gasteiger partial charge in [0.1, 0.15) is 5.82 Å². The van der Waals surface area contributed by atoms with Crippen molar-refractivity contribution in [2.45, 2.75) is 31.5 Å². The molecule has 0 aliphatic carbocycles. The number of carbonyl (C=O) groups excluding carboxylic acids is 1. The Hall–Kier alpha value is -1.92. The van der Waals surface area contributed by atoms with Crippen molar-refractivity contribution in [3.8, 4) is 0 Å². The van der Waals surface area contributed by atoms with Gasteiger partial charge in [0.15, 0.2) is 0 Å². The lowest BCUT2D eigenvalue weighted by Gasteiger charge is -2.33. The van der Waals surface area contributed by atoms with Crippen molar-refractivity contribution in [1.82, 2.24) is 20.4 Å². The molecule has 1 aromatic carbocycles. The SMILES string of the molecule is Cn1nccc1[C@@H]1NC(=O)CC[C@H]1NCc1cc(Cl)ccc1F. The van der Waals surface area contributed by atoms with Gasteiger partial charge in [0.2, 0.25) is 5.91 Å². The van der Waals surface area contributed by atoms with Gasteiger partial charge in [-0.05, 0) is 30.7 Å². The summed E-state index contributed by atoms with van der Waals surface area (Å²) >= 11 is 5.93. The number of aryl methyl sites for hydroxylation is 1. The molecule has 1 amide bonds. The molecule has 1 aromatic heterocycles. The lowest BCUT2D eigenvalue weighted by atomic mass is 9.95. The van der Waals surface area contributed by atoms with E-state index in [1.54, 1.807) is 16.9 Å². The Balaban J connectivity index is 1.75. The van der Waals surface area contributed by atoms with E-state index in [1.165, 1.54) is 12.1 Å². The highest BCUT2D eigenvalue weighted by Crippen LogP contribution is 2.24. The minimum atomic E-state index is -0.293. The highest BCUT2D eigenvalue weighted by atomic mass is 35.5. The smallest absolute Gasteiger partial charge is 0.220 e. The Morgan fingerprint density at radius 1 is 1.48 bits per heavy atom. The number of benzene rings is 1. The van der Waals surface area contributed by atoms with E-state index >= 15 is 0 Å². The Bertz CT molecular complexity index is 718. The number of carbonyl (C=O) groups is 1. The third-order valence-electron chi connectivity index (χ3n) is 4.14. The summed E-state index contributed by atoms with van der Waals surface area (Å²) < 4.78 is 15.6. The predicted octanol–water partition coefficient (Wildman–Crippen LogP) is 2.32. The van der Waals surface area contributed by atoms with Gasteiger partial charge in [0.05, 0.1) is 11.7 Å². The third-order valence-corrected chi connectivity index (χ3v) is 4.38. The van der Waals surface area contributed by atoms with Crippen LogP contribution in [-0.2, 0) is 18.4 Å². The topological polar surface area (TPSA) is 59.0 Å². The van der Waals surface area contributed by atoms with Gasteiger partial charge in [-0.15, -0.1) is 0 Å². The molecule has 3 rings (SSSR count). The van der Waals surface area contributed by atoms with E-state index < -0.39 is 0 Å². The molecule has 23 heavy (non-hydrogen) atoms. The number of hydrogen-bond acceptors (Lipinski definition) is 3. The number of hydrogen-bond donors (Lipinski definition) is 2. The van der Waals surface area contributed by atoms with Crippen LogP contribution in [-0.4, -0.2) is 21.7 Å². The second-order valence-electron chi connectivity index (χ2n) is 5.69. The van der Waals surface area contributed by atoms with Crippen molar-refractivity contribution >= 4 is 17.5 Å². The maximum Gasteiger partial charge on any atom is 0.220 e. The van der Waals surface area contributed by atoms with E-state index in [2.05, 4.69) is 15.7 Å². The molecule has 0 bridgehead atoms. The number of aromatic nitrogens is 2. The van der Waals surface area contributed by atoms with Crippen LogP contribution in [0.5, 0.6) is 0 Å². The molecular weight excluding hydrogens is 319 g/mol. The van der Waals surface area contributed by atoms with Crippen molar-refractivity contribution in [2.24, 2.45) is 7.05 Å². The van der Waals surface area contributed by atoms with Crippen LogP contribution in [0.3, 0.4) is 0 Å². The minimum absolute atomic E-state index is 0.00137. The van der Waals surface area contributed by atoms with E-state index in [4.69, 9.17) is 11.6 Å². The average molecular weight is 337 g/mol. The molecule has 7 heteroatoms. The average Bonchev–Trinajstić information content (AvgIpc) is 2.95. The van der Waals surface area contributed by atoms with Gasteiger partial charge in [0.25, 0.3) is 0 Å². The fraction of sp³-hybridized carbons (Fsp3) is 0.375. The number of rotatable bonds is 4. The Labute approximate surface area is 138 Å². The normalized spacial score (nSPS) is 21.3. The highest BCUT2D eigenvalue weighted by molar-refractivity contribution is 6.30. The van der Waals surface area contributed by atoms with Gasteiger partial charge in [-0.2, -0.15) is 5.10 Å². The van der Waals surface area contributed by atoms with Gasteiger partial charge in [-0.1, -0.05) is 11.6 Å². The Morgan fingerprint density at radius 3 is 3.04 bits per heavy atom. The molecule has 0 spiro atoms. The summed E-state index contributed by atoms with van der Waals surface area (Å²) in [6, 6.07) is 6.20. The van der Waals surface area contributed by atoms with E-state index in [1.807, 2.05) is 13.1 Å². The van der Waals surface area contributed by atoms with Crippen LogP contribution in [0, 0.1) is 5.82 Å². The van der Waals surface area contributed by atoms with Crippen LogP contribution >= 0.6 is 11.6 Å². The molecule has 2 atom stereocenters. The first-order valence-electron chi connectivity index (χ1n) is 7.49. The maximum absolute atomic E-state index is 13.8. The molecule has 0 saturated carbocycles. The third kappa shape index (κ3) is 3.54. The van der Waals surface area contributed by atoms with Gasteiger partial charge in [-0.25, -0.2) is 4.39 Å². The monoisotopic (exact) mass is 336 g/mol. The van der Waals surface area contributed by atoms with Crippen molar-refractivity contribution in [2.75, 3.05) is 0 Å². The molecule has 5 nitrogen and oxygen atoms in total. The molecule has 2 heterocycles. The quantitative estimate of drug-likeness (QED) is 0.901. The van der Waals surface area contributed by atoms with Gasteiger partial charge < -0.3 is 10.6 Å². The summed E-state index contributed by atoms with van der Waals surface area (Å²) in [5.74, 6) is -0.276. The second kappa shape index (κ2) is 6.68. The molecule has 1 saturated heterocycles. The summed E-state index contributed by atoms with van der Waals surface area (Å²) in [5.41, 5.74) is 1.43. The van der Waals surface area contributed by atoms with Crippen LogP contribution < -0.4 is 10.6 Å². The molecule has 0 radical (unpaired) electrons. The fourth-order valence-electron chi connectivity index (χ4n) is 2.91. The zero-order valence-electron chi connectivity index (χ0n) is 12.7. The zero-order valence-corrected chi connectivity index (χ0v) is 13.5. The largest absolute Gasteiger partial charge is 0.346 e. The number of amides is 1. The summed E-state index contributed by atoms with van der Waals surface area (Å²) in [4.78, 5) is 11.8. The lowest BCUT2D eigenvalue weighted by molar-refractivity contribution is -0.124. The fourth-order valence-corrected chi connectivity index (χ4v) is 3.10. The molecule has 2 aromatic rings. The number of halogens is 2. The first-order chi connectivity index (χ1) is 11.0. The first kappa shape index (κ1) is 16.0. The number of nitrogens with zero attached hydrogens (tertiary/aromatic N) is 2. The molecule has 1 aliphatic heterocycles. The lowest BCUT2D eigenvalue weighted by Crippen LogP contribution is -2.48. The van der Waals surface area contributed by atoms with E-state index in [9.17, 15) is 9.18 Å². The van der Waals surface area contributed by atoms with Crippen LogP contribution in [0.1, 0.15) is 30.1 Å². The van der Waals surface area contributed by atoms with Crippen LogP contribution in [0.15, 0.2) is 30.5 Å². The minimum Gasteiger partial charge on any atom is -0.346 e. The summed E-state index contributed by atoms with van der Waals surface area (Å²) in [5, 5.41) is 11.0. The van der Waals surface area contributed by atoms with Crippen molar-refractivity contribution in [1.29, 1.82) is 0 Å². The van der Waals surface area contributed by atoms with Gasteiger partial charge in [0, 0.05) is 42.8 Å². The maximum atomic E-state index is 13.8. The van der Waals surface area contributed by atoms with Crippen molar-refractivity contribution in [3.63, 3.8) is 0 Å². The van der Waals surface area contributed by atoms with Crippen LogP contribution in [0.25, 0.3) is 0 Å². The standard InChI is InChI=1S/C16H18ClFN4O/c1-22-14(6-7-20-22)16-13(4-5-15(23)21-16)19-9-10-8-11(17)2-3-12(10)18/h2-3,6-8,13,16,19H,4-5,9H2,1H3,(H,21,23)/t13-,16-/m1/s1. The van der Waals surface area contributed by atoms with Crippen LogP contribution in [0.4, 0.5) is 4.39 Å². The zero-order chi connectivity index (χ0) is 16.4. The molecule has 122 valence electrons. The van der Waals surface area contributed by atoms with Crippen molar-refractivity contribution in [3.05, 3.63) is 52.6 Å². The van der Waals surface area contributed by atoms with Crippen molar-refractivity contribution < 1.29 is 9.18 Å². The van der Waals surface area contributed by atoms with Crippen LogP contribution in [0.2, 0.25) is 5.02 Å². The molecule has 1 aliphatic rings. The first-order valence-corrected chi connectivity index (χ1v) is 7.87. The number of piperidine rings is 1. The highest BCUT2D eigenvalue weighted by Gasteiger charge is 2.31. The van der Waals surface area contributed by atoms with E-state index in [-0.39, 0.29) is 23.8 Å². The number of nitrogens with one attached hydrogen (secondary N) is 2. The van der Waals surface area contributed by atoms with E-state index in [0.29, 0.717) is 30.0 Å². The summed E-state index contributed by atoms with van der Waals surface area (Å²) in [6.07, 6.45) is 2.83. The Morgan fingerprint density at radius 2 is 2.30 bits per heavy atom. The van der Waals surface area contributed by atoms with E-state index in [0.717, 1.165) is 5.69 Å². The molecule has 2 N–H and O–H groups in total. The molecule has 1 fully saturated rings.